The number of halogens is 1. The maximum absolute atomic E-state index is 17.9. The van der Waals surface area contributed by atoms with E-state index in [4.69, 9.17) is 28.4 Å². The lowest BCUT2D eigenvalue weighted by Gasteiger charge is -2.61. The number of carbonyl (C=O) groups is 3. The van der Waals surface area contributed by atoms with Crippen LogP contribution in [0.5, 0.6) is 0 Å². The highest BCUT2D eigenvalue weighted by atomic mass is 19.1. The third-order valence-corrected chi connectivity index (χ3v) is 21.2. The van der Waals surface area contributed by atoms with E-state index in [1.165, 1.54) is 26.2 Å². The van der Waals surface area contributed by atoms with Crippen LogP contribution in [0.3, 0.4) is 0 Å². The van der Waals surface area contributed by atoms with Crippen molar-refractivity contribution in [2.75, 3.05) is 40.8 Å². The summed E-state index contributed by atoms with van der Waals surface area (Å²) in [7, 11) is 5.23. The van der Waals surface area contributed by atoms with Gasteiger partial charge in [-0.25, -0.2) is 4.39 Å². The zero-order valence-corrected chi connectivity index (χ0v) is 50.9. The number of hydrogen-bond donors (Lipinski definition) is 7. The molecule has 26 atom stereocenters. The summed E-state index contributed by atoms with van der Waals surface area (Å²) in [6, 6.07) is -1.10. The van der Waals surface area contributed by atoms with Crippen LogP contribution in [-0.4, -0.2) is 201 Å². The van der Waals surface area contributed by atoms with Crippen molar-refractivity contribution < 1.29 is 77.8 Å². The second-order valence-corrected chi connectivity index (χ2v) is 27.4. The number of allylic oxidation sites excluding steroid dienone is 4. The number of esters is 1. The van der Waals surface area contributed by atoms with E-state index in [-0.39, 0.29) is 73.8 Å². The summed E-state index contributed by atoms with van der Waals surface area (Å²) in [5.74, 6) is -4.64. The molecule has 458 valence electrons. The number of nitrogens with zero attached hydrogens (tertiary/aromatic N) is 2. The number of nitrogens with one attached hydrogen (secondary N) is 1. The molecule has 3 aliphatic heterocycles. The van der Waals surface area contributed by atoms with Crippen LogP contribution in [0, 0.1) is 52.3 Å². The number of carbonyl (C=O) groups excluding carboxylic acids is 3. The van der Waals surface area contributed by atoms with Crippen molar-refractivity contribution in [3.8, 4) is 0 Å². The van der Waals surface area contributed by atoms with Crippen LogP contribution in [0.25, 0.3) is 0 Å². The van der Waals surface area contributed by atoms with Crippen molar-refractivity contribution in [2.45, 2.75) is 250 Å². The Labute approximate surface area is 475 Å². The van der Waals surface area contributed by atoms with E-state index < -0.39 is 130 Å². The van der Waals surface area contributed by atoms with Crippen molar-refractivity contribution in [3.63, 3.8) is 0 Å². The number of ketones is 1. The van der Waals surface area contributed by atoms with Gasteiger partial charge in [-0.15, -0.1) is 0 Å². The Kier molecular flexibility index (Phi) is 19.9. The second-order valence-electron chi connectivity index (χ2n) is 27.4. The van der Waals surface area contributed by atoms with Gasteiger partial charge >= 0.3 is 5.97 Å². The summed E-state index contributed by atoms with van der Waals surface area (Å²) in [6.07, 6.45) is -4.10. The van der Waals surface area contributed by atoms with E-state index >= 15 is 4.39 Å². The van der Waals surface area contributed by atoms with Gasteiger partial charge < -0.3 is 69.3 Å². The van der Waals surface area contributed by atoms with Crippen molar-refractivity contribution in [3.05, 3.63) is 23.8 Å². The molecular formula is C61H102FN3O15. The highest BCUT2D eigenvalue weighted by Gasteiger charge is 2.72. The maximum Gasteiger partial charge on any atom is 0.311 e. The van der Waals surface area contributed by atoms with Gasteiger partial charge in [0.2, 0.25) is 5.91 Å². The SMILES string of the molecule is CC[C@H]1OC(=O)[C@H](C)C(OC2C[C@](C)(OC)[C@H](O)C(C)O2)[C@H](C)C(OC2OC(C)C[C@@H](N(C)C)[C@H]2O)[C@](C)(O)C[C@@H](C)CN(CCCNC(=O)[C@H]2[C@H](C)CC3C4CCC5=CC(=O)C=C[C@]5(C)[C@@]4(F)[C@@H](O)C[C@@]32C)[C@H](C)[C@@H](O)[C@]1(C)O. The minimum atomic E-state index is -2.00. The van der Waals surface area contributed by atoms with Gasteiger partial charge in [0.15, 0.2) is 24.0 Å². The predicted molar refractivity (Wildman–Crippen MR) is 297 cm³/mol. The molecule has 3 saturated heterocycles. The summed E-state index contributed by atoms with van der Waals surface area (Å²) in [5, 5.41) is 75.9. The van der Waals surface area contributed by atoms with Gasteiger partial charge in [-0.05, 0) is 156 Å². The van der Waals surface area contributed by atoms with Crippen LogP contribution in [0.15, 0.2) is 23.8 Å². The first kappa shape index (κ1) is 65.1. The van der Waals surface area contributed by atoms with Crippen molar-refractivity contribution in [2.24, 2.45) is 52.3 Å². The Hall–Kier alpha value is -2.50. The Morgan fingerprint density at radius 1 is 0.912 bits per heavy atom. The molecule has 7 N–H and O–H groups in total. The topological polar surface area (TPSA) is 246 Å². The molecule has 4 aliphatic carbocycles. The number of fused-ring (bicyclic) bond motifs is 5. The molecule has 6 fully saturated rings. The zero-order chi connectivity index (χ0) is 59.6. The molecule has 19 heteroatoms. The highest BCUT2D eigenvalue weighted by molar-refractivity contribution is 6.01. The first-order valence-electron chi connectivity index (χ1n) is 30.0. The Bertz CT molecular complexity index is 2250. The lowest BCUT2D eigenvalue weighted by Crippen LogP contribution is -2.67. The van der Waals surface area contributed by atoms with E-state index in [0.29, 0.717) is 50.8 Å². The van der Waals surface area contributed by atoms with Crippen molar-refractivity contribution in [1.82, 2.24) is 15.1 Å². The van der Waals surface area contributed by atoms with E-state index in [9.17, 15) is 45.0 Å². The normalized spacial score (nSPS) is 49.9. The second kappa shape index (κ2) is 24.5. The quantitative estimate of drug-likeness (QED) is 0.100. The number of aliphatic hydroxyl groups is 6. The standard InChI is InChI=1S/C61H102FN3O15/c1-17-45-60(13,74)50(69)37(7)65(24-18-23-63-53(71)47-33(3)25-42-41-20-19-39-27-40(66)21-22-57(39,10)61(41,62)44(67)29-56(42,47)9)31-32(2)28-58(11,73)52(80-55-48(68)43(64(14)15)26-34(4)76-55)35(5)49(36(6)54(72)78-45)79-46-30-59(12,75-16)51(70)38(8)77-46/h21-22,27,32-38,41-52,55,67-70,73-74H,17-20,23-26,28-31H2,1-16H3,(H,63,71)/t32-,33-,34?,35+,36-,37-,38?,41?,42?,43-,44+,45-,46?,47-,48-,49?,50-,51-,52?,55?,56+,57+,58-,59+,60-,61+/m1/s1. The smallest absolute Gasteiger partial charge is 0.311 e. The van der Waals surface area contributed by atoms with Crippen molar-refractivity contribution >= 4 is 17.7 Å². The lowest BCUT2D eigenvalue weighted by atomic mass is 9.45. The molecule has 0 aromatic carbocycles. The number of ether oxygens (including phenoxy) is 6. The van der Waals surface area contributed by atoms with E-state index in [0.717, 1.165) is 0 Å². The average molecular weight is 1140 g/mol. The molecule has 8 unspecified atom stereocenters. The van der Waals surface area contributed by atoms with Crippen molar-refractivity contribution in [1.29, 1.82) is 0 Å². The minimum absolute atomic E-state index is 0.0779. The molecule has 7 rings (SSSR count). The summed E-state index contributed by atoms with van der Waals surface area (Å²) in [5.41, 5.74) is -7.87. The molecule has 18 nitrogen and oxygen atoms in total. The molecule has 80 heavy (non-hydrogen) atoms. The van der Waals surface area contributed by atoms with Crippen LogP contribution in [-0.2, 0) is 42.8 Å². The Morgan fingerprint density at radius 3 is 2.23 bits per heavy atom. The van der Waals surface area contributed by atoms with Crippen LogP contribution >= 0.6 is 0 Å². The van der Waals surface area contributed by atoms with Crippen LogP contribution in [0.2, 0.25) is 0 Å². The largest absolute Gasteiger partial charge is 0.459 e. The monoisotopic (exact) mass is 1140 g/mol. The average Bonchev–Trinajstić information content (AvgIpc) is 3.64. The van der Waals surface area contributed by atoms with E-state index in [2.05, 4.69) is 5.32 Å². The van der Waals surface area contributed by atoms with Crippen LogP contribution in [0.4, 0.5) is 4.39 Å². The maximum atomic E-state index is 17.9. The van der Waals surface area contributed by atoms with Gasteiger partial charge in [-0.1, -0.05) is 46.3 Å². The van der Waals surface area contributed by atoms with E-state index in [1.807, 2.05) is 51.6 Å². The zero-order valence-electron chi connectivity index (χ0n) is 50.9. The lowest BCUT2D eigenvalue weighted by molar-refractivity contribution is -0.318. The number of cyclic esters (lactones) is 1. The molecule has 0 bridgehead atoms. The fourth-order valence-electron chi connectivity index (χ4n) is 16.6. The van der Waals surface area contributed by atoms with E-state index in [1.54, 1.807) is 61.5 Å². The molecule has 3 saturated carbocycles. The van der Waals surface area contributed by atoms with Gasteiger partial charge in [-0.2, -0.15) is 0 Å². The highest BCUT2D eigenvalue weighted by Crippen LogP contribution is 2.69. The number of hydrogen-bond acceptors (Lipinski definition) is 17. The molecule has 0 aromatic heterocycles. The van der Waals surface area contributed by atoms with Gasteiger partial charge in [0.1, 0.15) is 30.0 Å². The third-order valence-electron chi connectivity index (χ3n) is 21.2. The molecule has 0 radical (unpaired) electrons. The number of methoxy groups -OCH3 is 1. The number of rotatable bonds is 12. The minimum Gasteiger partial charge on any atom is -0.459 e. The Morgan fingerprint density at radius 2 is 1.59 bits per heavy atom. The molecule has 7 aliphatic rings. The number of aliphatic hydroxyl groups excluding tert-OH is 4. The molecule has 1 amide bonds. The summed E-state index contributed by atoms with van der Waals surface area (Å²) in [4.78, 5) is 45.6. The van der Waals surface area contributed by atoms with Gasteiger partial charge in [-0.3, -0.25) is 19.3 Å². The number of alkyl halides is 1. The predicted octanol–water partition coefficient (Wildman–Crippen LogP) is 5.01. The molecule has 0 spiro atoms. The fraction of sp³-hybridized carbons (Fsp3) is 0.885. The first-order chi connectivity index (χ1) is 37.1. The van der Waals surface area contributed by atoms with Crippen LogP contribution < -0.4 is 5.32 Å². The summed E-state index contributed by atoms with van der Waals surface area (Å²) < 4.78 is 56.2. The van der Waals surface area contributed by atoms with Crippen LogP contribution in [0.1, 0.15) is 148 Å². The summed E-state index contributed by atoms with van der Waals surface area (Å²) >= 11 is 0. The number of likely N-dealkylation sites (N-methyl/N-ethyl adjacent to an activating group) is 1. The molecular weight excluding hydrogens is 1030 g/mol. The fourth-order valence-corrected chi connectivity index (χ4v) is 16.6. The van der Waals surface area contributed by atoms with Gasteiger partial charge in [0.25, 0.3) is 0 Å². The molecule has 3 heterocycles. The Balaban J connectivity index is 1.15. The molecule has 0 aromatic rings. The van der Waals surface area contributed by atoms with Gasteiger partial charge in [0, 0.05) is 68.4 Å². The first-order valence-corrected chi connectivity index (χ1v) is 30.0. The third kappa shape index (κ3) is 12.0. The van der Waals surface area contributed by atoms with Gasteiger partial charge in [0.05, 0.1) is 47.6 Å². The number of amides is 1. The summed E-state index contributed by atoms with van der Waals surface area (Å²) in [6.45, 7) is 24.1.